The second kappa shape index (κ2) is 8.80. The lowest BCUT2D eigenvalue weighted by atomic mass is 10.00. The first kappa shape index (κ1) is 18.4. The average Bonchev–Trinajstić information content (AvgIpc) is 3.07. The number of benzene rings is 1. The Bertz CT molecular complexity index is 655. The quantitative estimate of drug-likeness (QED) is 0.769. The number of hydrogen-bond donors (Lipinski definition) is 2. The van der Waals surface area contributed by atoms with E-state index in [1.54, 1.807) is 7.11 Å². The van der Waals surface area contributed by atoms with Gasteiger partial charge in [-0.15, -0.1) is 11.3 Å². The molecule has 0 aliphatic rings. The molecule has 0 aliphatic carbocycles. The second-order valence-electron chi connectivity index (χ2n) is 5.79. The van der Waals surface area contributed by atoms with Crippen LogP contribution < -0.4 is 10.1 Å². The Kier molecular flexibility index (Phi) is 6.75. The van der Waals surface area contributed by atoms with Crippen molar-refractivity contribution < 1.29 is 14.6 Å². The van der Waals surface area contributed by atoms with Crippen LogP contribution in [0.3, 0.4) is 0 Å². The molecule has 24 heavy (non-hydrogen) atoms. The number of nitrogens with one attached hydrogen (secondary N) is 1. The standard InChI is InChI=1S/C18H24N2O3S/c1-4-12(2)16(10-21)20-17(22)9-14-11-24-18(19-14)13-5-7-15(23-3)8-6-13/h5-8,11-12,16,21H,4,9-10H2,1-3H3,(H,20,22)/t12-,16-/m0/s1. The first-order chi connectivity index (χ1) is 11.6. The van der Waals surface area contributed by atoms with Crippen LogP contribution in [0, 0.1) is 5.92 Å². The first-order valence-corrected chi connectivity index (χ1v) is 8.94. The number of amides is 1. The Morgan fingerprint density at radius 1 is 1.38 bits per heavy atom. The van der Waals surface area contributed by atoms with Crippen molar-refractivity contribution in [3.8, 4) is 16.3 Å². The van der Waals surface area contributed by atoms with Crippen LogP contribution in [-0.4, -0.2) is 35.8 Å². The molecule has 130 valence electrons. The molecule has 0 fully saturated rings. The largest absolute Gasteiger partial charge is 0.497 e. The highest BCUT2D eigenvalue weighted by molar-refractivity contribution is 7.13. The summed E-state index contributed by atoms with van der Waals surface area (Å²) in [6, 6.07) is 7.47. The predicted octanol–water partition coefficient (Wildman–Crippen LogP) is 2.88. The van der Waals surface area contributed by atoms with E-state index in [0.29, 0.717) is 0 Å². The van der Waals surface area contributed by atoms with Gasteiger partial charge in [-0.2, -0.15) is 0 Å². The van der Waals surface area contributed by atoms with E-state index < -0.39 is 0 Å². The number of nitrogens with zero attached hydrogens (tertiary/aromatic N) is 1. The number of ether oxygens (including phenoxy) is 1. The highest BCUT2D eigenvalue weighted by atomic mass is 32.1. The van der Waals surface area contributed by atoms with Gasteiger partial charge in [0.15, 0.2) is 0 Å². The summed E-state index contributed by atoms with van der Waals surface area (Å²) >= 11 is 1.51. The second-order valence-corrected chi connectivity index (χ2v) is 6.65. The van der Waals surface area contributed by atoms with Gasteiger partial charge >= 0.3 is 0 Å². The van der Waals surface area contributed by atoms with Gasteiger partial charge in [0.1, 0.15) is 10.8 Å². The molecular formula is C18H24N2O3S. The van der Waals surface area contributed by atoms with Crippen LogP contribution in [0.25, 0.3) is 10.6 Å². The molecule has 1 amide bonds. The zero-order valence-electron chi connectivity index (χ0n) is 14.3. The van der Waals surface area contributed by atoms with E-state index in [1.807, 2.05) is 43.5 Å². The number of hydrogen-bond acceptors (Lipinski definition) is 5. The van der Waals surface area contributed by atoms with Gasteiger partial charge in [0.05, 0.1) is 31.9 Å². The van der Waals surface area contributed by atoms with Crippen molar-refractivity contribution in [1.29, 1.82) is 0 Å². The molecule has 5 nitrogen and oxygen atoms in total. The summed E-state index contributed by atoms with van der Waals surface area (Å²) in [5.74, 6) is 0.931. The van der Waals surface area contributed by atoms with Crippen molar-refractivity contribution >= 4 is 17.2 Å². The third kappa shape index (κ3) is 4.79. The third-order valence-electron chi connectivity index (χ3n) is 4.10. The molecule has 0 radical (unpaired) electrons. The summed E-state index contributed by atoms with van der Waals surface area (Å²) in [4.78, 5) is 16.7. The van der Waals surface area contributed by atoms with E-state index in [4.69, 9.17) is 4.74 Å². The summed E-state index contributed by atoms with van der Waals surface area (Å²) in [7, 11) is 1.63. The van der Waals surface area contributed by atoms with Gasteiger partial charge in [0.25, 0.3) is 0 Å². The summed E-state index contributed by atoms with van der Waals surface area (Å²) < 4.78 is 5.15. The van der Waals surface area contributed by atoms with E-state index >= 15 is 0 Å². The molecule has 1 heterocycles. The maximum Gasteiger partial charge on any atom is 0.226 e. The van der Waals surface area contributed by atoms with Crippen molar-refractivity contribution in [2.75, 3.05) is 13.7 Å². The van der Waals surface area contributed by atoms with Crippen molar-refractivity contribution in [2.45, 2.75) is 32.7 Å². The van der Waals surface area contributed by atoms with Gasteiger partial charge in [-0.25, -0.2) is 4.98 Å². The smallest absolute Gasteiger partial charge is 0.226 e. The van der Waals surface area contributed by atoms with Crippen molar-refractivity contribution in [3.05, 3.63) is 35.3 Å². The molecule has 0 bridgehead atoms. The van der Waals surface area contributed by atoms with E-state index in [-0.39, 0.29) is 30.9 Å². The fraction of sp³-hybridized carbons (Fsp3) is 0.444. The maximum atomic E-state index is 12.2. The number of rotatable bonds is 8. The van der Waals surface area contributed by atoms with Crippen molar-refractivity contribution in [1.82, 2.24) is 10.3 Å². The zero-order valence-corrected chi connectivity index (χ0v) is 15.1. The Hall–Kier alpha value is -1.92. The Morgan fingerprint density at radius 3 is 2.67 bits per heavy atom. The molecule has 0 saturated heterocycles. The van der Waals surface area contributed by atoms with Gasteiger partial charge in [-0.3, -0.25) is 4.79 Å². The summed E-state index contributed by atoms with van der Waals surface area (Å²) in [5.41, 5.74) is 1.74. The van der Waals surface area contributed by atoms with Crippen LogP contribution >= 0.6 is 11.3 Å². The normalized spacial score (nSPS) is 13.3. The molecule has 0 aliphatic heterocycles. The van der Waals surface area contributed by atoms with Gasteiger partial charge in [0, 0.05) is 10.9 Å². The van der Waals surface area contributed by atoms with Gasteiger partial charge in [-0.05, 0) is 30.2 Å². The number of thiazole rings is 1. The molecule has 2 rings (SSSR count). The molecule has 0 unspecified atom stereocenters. The van der Waals surface area contributed by atoms with Gasteiger partial charge in [0.2, 0.25) is 5.91 Å². The molecule has 1 aromatic carbocycles. The molecular weight excluding hydrogens is 324 g/mol. The topological polar surface area (TPSA) is 71.5 Å². The maximum absolute atomic E-state index is 12.2. The lowest BCUT2D eigenvalue weighted by Crippen LogP contribution is -2.42. The number of aromatic nitrogens is 1. The van der Waals surface area contributed by atoms with E-state index in [0.717, 1.165) is 28.4 Å². The highest BCUT2D eigenvalue weighted by Gasteiger charge is 2.18. The van der Waals surface area contributed by atoms with Crippen LogP contribution in [0.2, 0.25) is 0 Å². The van der Waals surface area contributed by atoms with Crippen LogP contribution in [0.1, 0.15) is 26.0 Å². The van der Waals surface area contributed by atoms with Crippen molar-refractivity contribution in [3.63, 3.8) is 0 Å². The zero-order chi connectivity index (χ0) is 17.5. The summed E-state index contributed by atoms with van der Waals surface area (Å²) in [6.45, 7) is 4.02. The van der Waals surface area contributed by atoms with E-state index in [2.05, 4.69) is 10.3 Å². The minimum absolute atomic E-state index is 0.0467. The van der Waals surface area contributed by atoms with Gasteiger partial charge < -0.3 is 15.2 Å². The Balaban J connectivity index is 1.98. The summed E-state index contributed by atoms with van der Waals surface area (Å²) in [5, 5.41) is 15.1. The molecule has 0 saturated carbocycles. The molecule has 6 heteroatoms. The number of methoxy groups -OCH3 is 1. The number of aliphatic hydroxyl groups excluding tert-OH is 1. The average molecular weight is 348 g/mol. The van der Waals surface area contributed by atoms with Crippen LogP contribution in [0.5, 0.6) is 5.75 Å². The number of carbonyl (C=O) groups is 1. The number of aliphatic hydroxyl groups is 1. The molecule has 1 aromatic heterocycles. The third-order valence-corrected chi connectivity index (χ3v) is 5.04. The van der Waals surface area contributed by atoms with Crippen molar-refractivity contribution in [2.24, 2.45) is 5.92 Å². The first-order valence-electron chi connectivity index (χ1n) is 8.06. The lowest BCUT2D eigenvalue weighted by Gasteiger charge is -2.21. The monoisotopic (exact) mass is 348 g/mol. The van der Waals surface area contributed by atoms with Gasteiger partial charge in [-0.1, -0.05) is 20.3 Å². The van der Waals surface area contributed by atoms with Crippen LogP contribution in [-0.2, 0) is 11.2 Å². The molecule has 2 N–H and O–H groups in total. The Labute approximate surface area is 146 Å². The predicted molar refractivity (Wildman–Crippen MR) is 96.3 cm³/mol. The minimum atomic E-state index is -0.206. The SMILES string of the molecule is CC[C@H](C)[C@H](CO)NC(=O)Cc1csc(-c2ccc(OC)cc2)n1. The fourth-order valence-corrected chi connectivity index (χ4v) is 3.15. The minimum Gasteiger partial charge on any atom is -0.497 e. The van der Waals surface area contributed by atoms with Crippen LogP contribution in [0.15, 0.2) is 29.6 Å². The molecule has 0 spiro atoms. The number of carbonyl (C=O) groups excluding carboxylic acids is 1. The highest BCUT2D eigenvalue weighted by Crippen LogP contribution is 2.25. The lowest BCUT2D eigenvalue weighted by molar-refractivity contribution is -0.121. The van der Waals surface area contributed by atoms with E-state index in [1.165, 1.54) is 11.3 Å². The summed E-state index contributed by atoms with van der Waals surface area (Å²) in [6.07, 6.45) is 1.13. The Morgan fingerprint density at radius 2 is 2.08 bits per heavy atom. The fourth-order valence-electron chi connectivity index (χ4n) is 2.33. The molecule has 2 aromatic rings. The van der Waals surface area contributed by atoms with E-state index in [9.17, 15) is 9.90 Å². The molecule has 2 atom stereocenters. The van der Waals surface area contributed by atoms with Crippen LogP contribution in [0.4, 0.5) is 0 Å².